The summed E-state index contributed by atoms with van der Waals surface area (Å²) in [6, 6.07) is 22.8. The SMILES string of the molecule is COCCOCCOc1ccc(-c2ccc(OC(=O)C3CCC(C(=O)Oc4ccc(-c5ccc(COCCOCCO)cc5F)cc4)CC3)cc2)c(F)c1. The van der Waals surface area contributed by atoms with Crippen LogP contribution >= 0.6 is 0 Å². The first kappa shape index (κ1) is 40.5. The van der Waals surface area contributed by atoms with E-state index in [0.29, 0.717) is 104 Å². The quantitative estimate of drug-likeness (QED) is 0.0566. The number of esters is 2. The average Bonchev–Trinajstić information content (AvgIpc) is 3.18. The van der Waals surface area contributed by atoms with Gasteiger partial charge in [0.2, 0.25) is 0 Å². The number of rotatable bonds is 20. The van der Waals surface area contributed by atoms with Crippen molar-refractivity contribution in [3.05, 3.63) is 102 Å². The normalized spacial score (nSPS) is 15.5. The van der Waals surface area contributed by atoms with Crippen LogP contribution < -0.4 is 14.2 Å². The summed E-state index contributed by atoms with van der Waals surface area (Å²) >= 11 is 0. The number of aliphatic hydroxyl groups excluding tert-OH is 1. The molecule has 54 heavy (non-hydrogen) atoms. The molecule has 12 heteroatoms. The largest absolute Gasteiger partial charge is 0.491 e. The number of hydrogen-bond donors (Lipinski definition) is 1. The molecule has 0 unspecified atom stereocenters. The molecule has 0 aliphatic heterocycles. The molecule has 0 amide bonds. The van der Waals surface area contributed by atoms with Crippen LogP contribution in [0.2, 0.25) is 0 Å². The van der Waals surface area contributed by atoms with Crippen molar-refractivity contribution >= 4 is 11.9 Å². The van der Waals surface area contributed by atoms with Crippen molar-refractivity contribution in [1.29, 1.82) is 0 Å². The van der Waals surface area contributed by atoms with E-state index in [4.69, 9.17) is 38.3 Å². The van der Waals surface area contributed by atoms with E-state index in [1.165, 1.54) is 12.1 Å². The number of methoxy groups -OCH3 is 1. The van der Waals surface area contributed by atoms with E-state index in [2.05, 4.69) is 0 Å². The van der Waals surface area contributed by atoms with Crippen molar-refractivity contribution in [3.63, 3.8) is 0 Å². The van der Waals surface area contributed by atoms with E-state index >= 15 is 0 Å². The molecule has 0 heterocycles. The van der Waals surface area contributed by atoms with Crippen LogP contribution in [-0.2, 0) is 35.1 Å². The zero-order chi connectivity index (χ0) is 38.1. The molecule has 0 spiro atoms. The van der Waals surface area contributed by atoms with E-state index in [9.17, 15) is 18.4 Å². The third kappa shape index (κ3) is 12.2. The highest BCUT2D eigenvalue weighted by Gasteiger charge is 2.32. The molecule has 0 aromatic heterocycles. The predicted octanol–water partition coefficient (Wildman–Crippen LogP) is 7.18. The smallest absolute Gasteiger partial charge is 0.314 e. The standard InChI is InChI=1S/C42H46F2O10/c1-48-20-21-50-24-25-52-36-15-17-38(40(44)27-36)31-9-13-35(14-10-31)54-42(47)33-5-3-32(4-6-33)41(46)53-34-11-7-30(8-12-34)37-16-2-29(26-39(37)43)28-51-23-22-49-19-18-45/h2,7-17,26-27,32-33,45H,3-6,18-25,28H2,1H3. The molecule has 4 aromatic rings. The van der Waals surface area contributed by atoms with Crippen molar-refractivity contribution in [2.24, 2.45) is 11.8 Å². The summed E-state index contributed by atoms with van der Waals surface area (Å²) in [5.74, 6) is -1.21. The van der Waals surface area contributed by atoms with Crippen molar-refractivity contribution in [3.8, 4) is 39.5 Å². The Morgan fingerprint density at radius 1 is 0.593 bits per heavy atom. The molecule has 0 radical (unpaired) electrons. The Morgan fingerprint density at radius 3 is 1.61 bits per heavy atom. The molecule has 1 saturated carbocycles. The van der Waals surface area contributed by atoms with Crippen molar-refractivity contribution < 1.29 is 56.6 Å². The number of carbonyl (C=O) groups excluding carboxylic acids is 2. The van der Waals surface area contributed by atoms with Crippen LogP contribution in [0.5, 0.6) is 17.2 Å². The first-order valence-electron chi connectivity index (χ1n) is 18.0. The molecular weight excluding hydrogens is 702 g/mol. The highest BCUT2D eigenvalue weighted by molar-refractivity contribution is 5.78. The zero-order valence-corrected chi connectivity index (χ0v) is 30.3. The molecule has 0 bridgehead atoms. The van der Waals surface area contributed by atoms with Crippen LogP contribution in [0.3, 0.4) is 0 Å². The Balaban J connectivity index is 1.03. The summed E-state index contributed by atoms with van der Waals surface area (Å²) in [6.45, 7) is 2.71. The second-order valence-corrected chi connectivity index (χ2v) is 12.7. The molecule has 1 fully saturated rings. The number of benzene rings is 4. The Bertz CT molecular complexity index is 1640. The molecule has 288 valence electrons. The lowest BCUT2D eigenvalue weighted by molar-refractivity contribution is -0.145. The third-order valence-corrected chi connectivity index (χ3v) is 8.94. The van der Waals surface area contributed by atoms with Crippen LogP contribution in [0.25, 0.3) is 22.3 Å². The minimum atomic E-state index is -0.442. The second-order valence-electron chi connectivity index (χ2n) is 12.7. The molecule has 0 saturated heterocycles. The van der Waals surface area contributed by atoms with E-state index in [1.807, 2.05) is 0 Å². The lowest BCUT2D eigenvalue weighted by Crippen LogP contribution is -2.30. The highest BCUT2D eigenvalue weighted by atomic mass is 19.1. The minimum absolute atomic E-state index is 0.0498. The fraction of sp³-hybridized carbons (Fsp3) is 0.381. The van der Waals surface area contributed by atoms with Crippen molar-refractivity contribution in [1.82, 2.24) is 0 Å². The van der Waals surface area contributed by atoms with E-state index in [-0.39, 0.29) is 50.2 Å². The van der Waals surface area contributed by atoms with Gasteiger partial charge >= 0.3 is 11.9 Å². The summed E-state index contributed by atoms with van der Waals surface area (Å²) < 4.78 is 67.5. The summed E-state index contributed by atoms with van der Waals surface area (Å²) in [6.07, 6.45) is 1.91. The van der Waals surface area contributed by atoms with Gasteiger partial charge in [0, 0.05) is 24.3 Å². The number of hydrogen-bond acceptors (Lipinski definition) is 10. The van der Waals surface area contributed by atoms with E-state index < -0.39 is 11.6 Å². The van der Waals surface area contributed by atoms with Gasteiger partial charge < -0.3 is 38.3 Å². The maximum absolute atomic E-state index is 14.9. The molecule has 1 N–H and O–H groups in total. The number of aliphatic hydroxyl groups is 1. The van der Waals surface area contributed by atoms with Crippen LogP contribution in [0.4, 0.5) is 8.78 Å². The van der Waals surface area contributed by atoms with Gasteiger partial charge in [0.15, 0.2) is 0 Å². The summed E-state index contributed by atoms with van der Waals surface area (Å²) in [7, 11) is 1.60. The van der Waals surface area contributed by atoms with Crippen molar-refractivity contribution in [2.75, 3.05) is 60.0 Å². The Hall–Kier alpha value is -4.72. The fourth-order valence-corrected chi connectivity index (χ4v) is 6.01. The van der Waals surface area contributed by atoms with E-state index in [0.717, 1.165) is 0 Å². The Kier molecular flexibility index (Phi) is 15.9. The van der Waals surface area contributed by atoms with Gasteiger partial charge in [-0.15, -0.1) is 0 Å². The van der Waals surface area contributed by atoms with Gasteiger partial charge in [-0.25, -0.2) is 8.78 Å². The van der Waals surface area contributed by atoms with Gasteiger partial charge in [0.1, 0.15) is 35.5 Å². The number of halogens is 2. The topological polar surface area (TPSA) is 119 Å². The van der Waals surface area contributed by atoms with Gasteiger partial charge in [0.25, 0.3) is 0 Å². The maximum atomic E-state index is 14.9. The summed E-state index contributed by atoms with van der Waals surface area (Å²) in [5.41, 5.74) is 2.73. The summed E-state index contributed by atoms with van der Waals surface area (Å²) in [5, 5.41) is 8.72. The molecule has 0 atom stereocenters. The Labute approximate surface area is 313 Å². The molecule has 10 nitrogen and oxygen atoms in total. The third-order valence-electron chi connectivity index (χ3n) is 8.94. The predicted molar refractivity (Wildman–Crippen MR) is 196 cm³/mol. The molecular formula is C42H46F2O10. The maximum Gasteiger partial charge on any atom is 0.314 e. The van der Waals surface area contributed by atoms with Gasteiger partial charge in [-0.05, 0) is 84.8 Å². The lowest BCUT2D eigenvalue weighted by Gasteiger charge is -2.25. The van der Waals surface area contributed by atoms with Crippen LogP contribution in [0.1, 0.15) is 31.2 Å². The minimum Gasteiger partial charge on any atom is -0.491 e. The fourth-order valence-electron chi connectivity index (χ4n) is 6.01. The van der Waals surface area contributed by atoms with Gasteiger partial charge in [-0.2, -0.15) is 0 Å². The van der Waals surface area contributed by atoms with Crippen molar-refractivity contribution in [2.45, 2.75) is 32.3 Å². The number of carbonyl (C=O) groups is 2. The molecule has 4 aromatic carbocycles. The molecule has 1 aliphatic carbocycles. The van der Waals surface area contributed by atoms with Crippen LogP contribution in [0, 0.1) is 23.5 Å². The highest BCUT2D eigenvalue weighted by Crippen LogP contribution is 2.33. The van der Waals surface area contributed by atoms with Crippen LogP contribution in [-0.4, -0.2) is 77.0 Å². The lowest BCUT2D eigenvalue weighted by atomic mass is 9.82. The first-order chi connectivity index (χ1) is 26.3. The zero-order valence-electron chi connectivity index (χ0n) is 30.3. The second kappa shape index (κ2) is 21.2. The van der Waals surface area contributed by atoms with Gasteiger partial charge in [-0.1, -0.05) is 36.4 Å². The average molecular weight is 749 g/mol. The first-order valence-corrected chi connectivity index (χ1v) is 18.0. The Morgan fingerprint density at radius 2 is 1.07 bits per heavy atom. The van der Waals surface area contributed by atoms with E-state index in [1.54, 1.807) is 79.9 Å². The van der Waals surface area contributed by atoms with Gasteiger partial charge in [-0.3, -0.25) is 9.59 Å². The van der Waals surface area contributed by atoms with Crippen LogP contribution in [0.15, 0.2) is 84.9 Å². The summed E-state index contributed by atoms with van der Waals surface area (Å²) in [4.78, 5) is 25.9. The van der Waals surface area contributed by atoms with Gasteiger partial charge in [0.05, 0.1) is 64.7 Å². The number of ether oxygens (including phenoxy) is 7. The molecule has 1 aliphatic rings. The monoisotopic (exact) mass is 748 g/mol. The molecule has 5 rings (SSSR count).